The molecule has 0 aliphatic carbocycles. The van der Waals surface area contributed by atoms with Crippen LogP contribution in [0.25, 0.3) is 0 Å². The van der Waals surface area contributed by atoms with E-state index in [4.69, 9.17) is 14.2 Å². The fourth-order valence-corrected chi connectivity index (χ4v) is 2.18. The van der Waals surface area contributed by atoms with Gasteiger partial charge in [-0.25, -0.2) is 0 Å². The molecule has 10 nitrogen and oxygen atoms in total. The van der Waals surface area contributed by atoms with Crippen molar-refractivity contribution in [2.24, 2.45) is 0 Å². The van der Waals surface area contributed by atoms with Crippen molar-refractivity contribution in [2.75, 3.05) is 13.2 Å². The van der Waals surface area contributed by atoms with Gasteiger partial charge in [-0.05, 0) is 0 Å². The lowest BCUT2D eigenvalue weighted by atomic mass is 9.99. The van der Waals surface area contributed by atoms with Crippen molar-refractivity contribution in [2.45, 2.75) is 55.3 Å². The normalized spacial score (nSPS) is 51.9. The van der Waals surface area contributed by atoms with Crippen molar-refractivity contribution < 1.29 is 50.0 Å². The first-order valence-electron chi connectivity index (χ1n) is 6.48. The van der Waals surface area contributed by atoms with Crippen molar-refractivity contribution in [3.05, 3.63) is 0 Å². The van der Waals surface area contributed by atoms with Gasteiger partial charge in [0, 0.05) is 0 Å². The maximum atomic E-state index is 9.70. The predicted molar refractivity (Wildman–Crippen MR) is 62.6 cm³/mol. The first-order valence-corrected chi connectivity index (χ1v) is 6.48. The van der Waals surface area contributed by atoms with Gasteiger partial charge in [-0.2, -0.15) is 0 Å². The molecule has 0 aromatic rings. The Bertz CT molecular complexity index is 341. The van der Waals surface area contributed by atoms with Crippen LogP contribution in [0.1, 0.15) is 0 Å². The highest BCUT2D eigenvalue weighted by molar-refractivity contribution is 4.89. The minimum Gasteiger partial charge on any atom is -0.388 e. The van der Waals surface area contributed by atoms with Crippen LogP contribution in [0.3, 0.4) is 0 Å². The summed E-state index contributed by atoms with van der Waals surface area (Å²) in [6.45, 7) is -0.631. The third-order valence-corrected chi connectivity index (χ3v) is 3.57. The third kappa shape index (κ3) is 3.51. The molecule has 0 aromatic heterocycles. The van der Waals surface area contributed by atoms with E-state index in [1.807, 2.05) is 0 Å². The van der Waals surface area contributed by atoms with Crippen LogP contribution in [0, 0.1) is 0 Å². The standard InChI is InChI=1S/C11H20O10/c12-3-1-19-11(9(17)5(3)13)20-2-4-6(14)7(15)8(16)10(18)21-4/h3-18H,1-2H2/t3-,4?,5+,6-,7+,8?,9?,10-,11+/m1/s1. The number of hydrogen-bond donors (Lipinski definition) is 7. The molecule has 2 fully saturated rings. The molecule has 124 valence electrons. The number of aliphatic hydroxyl groups is 7. The van der Waals surface area contributed by atoms with Gasteiger partial charge in [-0.3, -0.25) is 0 Å². The molecule has 0 spiro atoms. The minimum atomic E-state index is -1.69. The lowest BCUT2D eigenvalue weighted by molar-refractivity contribution is -0.312. The van der Waals surface area contributed by atoms with E-state index in [-0.39, 0.29) is 13.2 Å². The summed E-state index contributed by atoms with van der Waals surface area (Å²) in [7, 11) is 0. The van der Waals surface area contributed by atoms with E-state index in [2.05, 4.69) is 0 Å². The highest BCUT2D eigenvalue weighted by Crippen LogP contribution is 2.22. The van der Waals surface area contributed by atoms with Crippen LogP contribution < -0.4 is 0 Å². The van der Waals surface area contributed by atoms with Crippen LogP contribution in [-0.4, -0.2) is 104 Å². The van der Waals surface area contributed by atoms with Crippen LogP contribution in [0.5, 0.6) is 0 Å². The zero-order valence-electron chi connectivity index (χ0n) is 11.0. The van der Waals surface area contributed by atoms with Gasteiger partial charge >= 0.3 is 0 Å². The van der Waals surface area contributed by atoms with Crippen LogP contribution in [0.15, 0.2) is 0 Å². The molecule has 0 bridgehead atoms. The smallest absolute Gasteiger partial charge is 0.186 e. The Hall–Kier alpha value is -0.400. The zero-order valence-corrected chi connectivity index (χ0v) is 11.0. The number of rotatable bonds is 3. The van der Waals surface area contributed by atoms with E-state index in [0.717, 1.165) is 0 Å². The van der Waals surface area contributed by atoms with Crippen molar-refractivity contribution in [1.82, 2.24) is 0 Å². The average molecular weight is 312 g/mol. The van der Waals surface area contributed by atoms with Gasteiger partial charge < -0.3 is 50.0 Å². The molecule has 2 rings (SSSR count). The monoisotopic (exact) mass is 312 g/mol. The highest BCUT2D eigenvalue weighted by Gasteiger charge is 2.44. The van der Waals surface area contributed by atoms with Gasteiger partial charge in [0.25, 0.3) is 0 Å². The summed E-state index contributed by atoms with van der Waals surface area (Å²) in [6, 6.07) is 0. The molecule has 2 saturated heterocycles. The second-order valence-corrected chi connectivity index (χ2v) is 5.12. The fourth-order valence-electron chi connectivity index (χ4n) is 2.18. The Balaban J connectivity index is 1.88. The zero-order chi connectivity index (χ0) is 15.7. The summed E-state index contributed by atoms with van der Waals surface area (Å²) in [5.74, 6) is 0. The van der Waals surface area contributed by atoms with E-state index in [0.29, 0.717) is 0 Å². The van der Waals surface area contributed by atoms with Crippen molar-refractivity contribution in [3.63, 3.8) is 0 Å². The average Bonchev–Trinajstić information content (AvgIpc) is 2.46. The molecule has 9 atom stereocenters. The summed E-state index contributed by atoms with van der Waals surface area (Å²) in [5.41, 5.74) is 0. The largest absolute Gasteiger partial charge is 0.388 e. The molecule has 2 aliphatic rings. The molecule has 7 N–H and O–H groups in total. The van der Waals surface area contributed by atoms with Crippen LogP contribution >= 0.6 is 0 Å². The predicted octanol–water partition coefficient (Wildman–Crippen LogP) is -4.76. The quantitative estimate of drug-likeness (QED) is 0.268. The van der Waals surface area contributed by atoms with E-state index < -0.39 is 55.3 Å². The minimum absolute atomic E-state index is 0.249. The molecule has 0 saturated carbocycles. The van der Waals surface area contributed by atoms with E-state index in [1.54, 1.807) is 0 Å². The van der Waals surface area contributed by atoms with Crippen molar-refractivity contribution in [3.8, 4) is 0 Å². The second-order valence-electron chi connectivity index (χ2n) is 5.12. The van der Waals surface area contributed by atoms with E-state index in [9.17, 15) is 35.7 Å². The molecule has 21 heavy (non-hydrogen) atoms. The Morgan fingerprint density at radius 1 is 0.810 bits per heavy atom. The lowest BCUT2D eigenvalue weighted by Gasteiger charge is -2.40. The molecule has 3 unspecified atom stereocenters. The molecule has 2 aliphatic heterocycles. The Morgan fingerprint density at radius 3 is 2.14 bits per heavy atom. The Kier molecular flexibility index (Phi) is 5.48. The Labute approximate surface area is 119 Å². The molecule has 0 amide bonds. The van der Waals surface area contributed by atoms with Crippen LogP contribution in [-0.2, 0) is 14.2 Å². The van der Waals surface area contributed by atoms with Gasteiger partial charge in [0.1, 0.15) is 42.7 Å². The number of aliphatic hydroxyl groups excluding tert-OH is 7. The second kappa shape index (κ2) is 6.79. The molecular weight excluding hydrogens is 292 g/mol. The van der Waals surface area contributed by atoms with Crippen molar-refractivity contribution in [1.29, 1.82) is 0 Å². The van der Waals surface area contributed by atoms with E-state index >= 15 is 0 Å². The van der Waals surface area contributed by atoms with E-state index in [1.165, 1.54) is 0 Å². The first kappa shape index (κ1) is 17.0. The number of ether oxygens (including phenoxy) is 3. The van der Waals surface area contributed by atoms with Gasteiger partial charge in [0.2, 0.25) is 0 Å². The van der Waals surface area contributed by atoms with Gasteiger partial charge in [-0.15, -0.1) is 0 Å². The SMILES string of the molecule is OC1[C@H](OCC2O[C@@H](O)C(O)[C@@H](O)[C@@H]2O)OC[C@@H](O)[C@@H]1O. The molecule has 0 radical (unpaired) electrons. The van der Waals surface area contributed by atoms with Gasteiger partial charge in [0.15, 0.2) is 12.6 Å². The molecule has 10 heteroatoms. The van der Waals surface area contributed by atoms with Gasteiger partial charge in [0.05, 0.1) is 13.2 Å². The maximum absolute atomic E-state index is 9.70. The summed E-state index contributed by atoms with van der Waals surface area (Å²) < 4.78 is 15.0. The molecular formula is C11H20O10. The fraction of sp³-hybridized carbons (Fsp3) is 1.00. The summed E-state index contributed by atoms with van der Waals surface area (Å²) >= 11 is 0. The molecule has 2 heterocycles. The summed E-state index contributed by atoms with van der Waals surface area (Å²) in [5, 5.41) is 66.2. The third-order valence-electron chi connectivity index (χ3n) is 3.57. The van der Waals surface area contributed by atoms with Crippen LogP contribution in [0.4, 0.5) is 0 Å². The highest BCUT2D eigenvalue weighted by atomic mass is 16.7. The first-order chi connectivity index (χ1) is 9.82. The lowest BCUT2D eigenvalue weighted by Crippen LogP contribution is -2.59. The number of hydrogen-bond acceptors (Lipinski definition) is 10. The molecule has 0 aromatic carbocycles. The van der Waals surface area contributed by atoms with Gasteiger partial charge in [-0.1, -0.05) is 0 Å². The topological polar surface area (TPSA) is 169 Å². The summed E-state index contributed by atoms with van der Waals surface area (Å²) in [6.07, 6.45) is -13.1. The van der Waals surface area contributed by atoms with Crippen molar-refractivity contribution >= 4 is 0 Å². The Morgan fingerprint density at radius 2 is 1.48 bits per heavy atom. The maximum Gasteiger partial charge on any atom is 0.186 e. The summed E-state index contributed by atoms with van der Waals surface area (Å²) in [4.78, 5) is 0. The van der Waals surface area contributed by atoms with Crippen LogP contribution in [0.2, 0.25) is 0 Å².